The van der Waals surface area contributed by atoms with Gasteiger partial charge in [0.05, 0.1) is 6.10 Å². The minimum atomic E-state index is 0.430. The Bertz CT molecular complexity index is 386. The van der Waals surface area contributed by atoms with E-state index in [4.69, 9.17) is 10.5 Å². The molecule has 1 aliphatic heterocycles. The first kappa shape index (κ1) is 13.4. The van der Waals surface area contributed by atoms with Crippen LogP contribution >= 0.6 is 0 Å². The molecule has 0 bridgehead atoms. The Balaban J connectivity index is 1.94. The SMILES string of the molecule is CCN(Cc1ccc(N)c(C)c1)CC1CCCO1. The molecule has 0 aromatic heterocycles. The second-order valence-corrected chi connectivity index (χ2v) is 5.15. The lowest BCUT2D eigenvalue weighted by Crippen LogP contribution is -2.31. The summed E-state index contributed by atoms with van der Waals surface area (Å²) < 4.78 is 5.70. The molecule has 0 aliphatic carbocycles. The molecule has 1 aromatic rings. The smallest absolute Gasteiger partial charge is 0.0702 e. The predicted molar refractivity (Wildman–Crippen MR) is 75.5 cm³/mol. The molecule has 1 aliphatic rings. The fourth-order valence-corrected chi connectivity index (χ4v) is 2.48. The van der Waals surface area contributed by atoms with Crippen molar-refractivity contribution in [1.82, 2.24) is 4.90 Å². The predicted octanol–water partition coefficient (Wildman–Crippen LogP) is 2.58. The summed E-state index contributed by atoms with van der Waals surface area (Å²) in [5, 5.41) is 0. The van der Waals surface area contributed by atoms with Crippen LogP contribution in [0.4, 0.5) is 5.69 Å². The number of nitrogens with zero attached hydrogens (tertiary/aromatic N) is 1. The summed E-state index contributed by atoms with van der Waals surface area (Å²) in [4.78, 5) is 2.45. The van der Waals surface area contributed by atoms with Gasteiger partial charge in [-0.05, 0) is 43.5 Å². The zero-order valence-corrected chi connectivity index (χ0v) is 11.5. The maximum Gasteiger partial charge on any atom is 0.0702 e. The summed E-state index contributed by atoms with van der Waals surface area (Å²) in [7, 11) is 0. The average molecular weight is 248 g/mol. The highest BCUT2D eigenvalue weighted by Gasteiger charge is 2.18. The number of ether oxygens (including phenoxy) is 1. The molecule has 3 nitrogen and oxygen atoms in total. The summed E-state index contributed by atoms with van der Waals surface area (Å²) in [6.07, 6.45) is 2.85. The van der Waals surface area contributed by atoms with E-state index in [-0.39, 0.29) is 0 Å². The van der Waals surface area contributed by atoms with Crippen molar-refractivity contribution in [2.45, 2.75) is 39.3 Å². The number of nitrogen functional groups attached to an aromatic ring is 1. The Kier molecular flexibility index (Phi) is 4.61. The Morgan fingerprint density at radius 2 is 2.28 bits per heavy atom. The van der Waals surface area contributed by atoms with Gasteiger partial charge >= 0.3 is 0 Å². The molecule has 0 radical (unpaired) electrons. The third-order valence-electron chi connectivity index (χ3n) is 3.67. The first-order chi connectivity index (χ1) is 8.69. The monoisotopic (exact) mass is 248 g/mol. The van der Waals surface area contributed by atoms with Gasteiger partial charge < -0.3 is 10.5 Å². The number of nitrogens with two attached hydrogens (primary N) is 1. The Hall–Kier alpha value is -1.06. The van der Waals surface area contributed by atoms with Crippen LogP contribution < -0.4 is 5.73 Å². The van der Waals surface area contributed by atoms with E-state index < -0.39 is 0 Å². The van der Waals surface area contributed by atoms with Crippen LogP contribution in [0.2, 0.25) is 0 Å². The zero-order valence-electron chi connectivity index (χ0n) is 11.5. The molecule has 1 fully saturated rings. The number of hydrogen-bond donors (Lipinski definition) is 1. The van der Waals surface area contributed by atoms with Crippen molar-refractivity contribution in [1.29, 1.82) is 0 Å². The minimum absolute atomic E-state index is 0.430. The largest absolute Gasteiger partial charge is 0.399 e. The van der Waals surface area contributed by atoms with Crippen LogP contribution in [0.25, 0.3) is 0 Å². The average Bonchev–Trinajstić information content (AvgIpc) is 2.86. The summed E-state index contributed by atoms with van der Waals surface area (Å²) in [5.41, 5.74) is 9.23. The van der Waals surface area contributed by atoms with E-state index in [0.29, 0.717) is 6.10 Å². The second kappa shape index (κ2) is 6.21. The van der Waals surface area contributed by atoms with Crippen molar-refractivity contribution in [3.63, 3.8) is 0 Å². The van der Waals surface area contributed by atoms with Crippen molar-refractivity contribution >= 4 is 5.69 Å². The number of anilines is 1. The van der Waals surface area contributed by atoms with E-state index in [1.54, 1.807) is 0 Å². The van der Waals surface area contributed by atoms with Crippen LogP contribution in [0.1, 0.15) is 30.9 Å². The quantitative estimate of drug-likeness (QED) is 0.814. The Morgan fingerprint density at radius 3 is 2.89 bits per heavy atom. The van der Waals surface area contributed by atoms with Crippen molar-refractivity contribution in [2.75, 3.05) is 25.4 Å². The molecule has 0 spiro atoms. The van der Waals surface area contributed by atoms with E-state index >= 15 is 0 Å². The van der Waals surface area contributed by atoms with E-state index in [0.717, 1.165) is 31.9 Å². The van der Waals surface area contributed by atoms with Crippen molar-refractivity contribution in [2.24, 2.45) is 0 Å². The third kappa shape index (κ3) is 3.47. The molecule has 3 heteroatoms. The molecule has 1 aromatic carbocycles. The summed E-state index contributed by atoms with van der Waals surface area (Å²) >= 11 is 0. The zero-order chi connectivity index (χ0) is 13.0. The molecule has 0 saturated carbocycles. The maximum atomic E-state index is 5.85. The molecule has 1 atom stereocenters. The van der Waals surface area contributed by atoms with Crippen LogP contribution in [-0.2, 0) is 11.3 Å². The van der Waals surface area contributed by atoms with Crippen LogP contribution in [0.5, 0.6) is 0 Å². The maximum absolute atomic E-state index is 5.85. The van der Waals surface area contributed by atoms with Gasteiger partial charge in [-0.3, -0.25) is 4.90 Å². The van der Waals surface area contributed by atoms with Gasteiger partial charge in [-0.25, -0.2) is 0 Å². The lowest BCUT2D eigenvalue weighted by Gasteiger charge is -2.24. The molecular weight excluding hydrogens is 224 g/mol. The van der Waals surface area contributed by atoms with E-state index in [1.807, 2.05) is 6.07 Å². The highest BCUT2D eigenvalue weighted by molar-refractivity contribution is 5.47. The van der Waals surface area contributed by atoms with Crippen LogP contribution in [0.15, 0.2) is 18.2 Å². The van der Waals surface area contributed by atoms with Gasteiger partial charge in [0, 0.05) is 25.4 Å². The summed E-state index contributed by atoms with van der Waals surface area (Å²) in [5.74, 6) is 0. The lowest BCUT2D eigenvalue weighted by atomic mass is 10.1. The molecule has 1 heterocycles. The molecule has 0 amide bonds. The third-order valence-corrected chi connectivity index (χ3v) is 3.67. The molecule has 2 N–H and O–H groups in total. The number of hydrogen-bond acceptors (Lipinski definition) is 3. The number of benzene rings is 1. The highest BCUT2D eigenvalue weighted by atomic mass is 16.5. The van der Waals surface area contributed by atoms with Gasteiger partial charge in [0.25, 0.3) is 0 Å². The fourth-order valence-electron chi connectivity index (χ4n) is 2.48. The second-order valence-electron chi connectivity index (χ2n) is 5.15. The first-order valence-corrected chi connectivity index (χ1v) is 6.88. The normalized spacial score (nSPS) is 19.6. The molecular formula is C15H24N2O. The summed E-state index contributed by atoms with van der Waals surface area (Å²) in [6, 6.07) is 6.32. The molecule has 1 saturated heterocycles. The number of rotatable bonds is 5. The van der Waals surface area contributed by atoms with E-state index in [1.165, 1.54) is 24.0 Å². The first-order valence-electron chi connectivity index (χ1n) is 6.88. The number of aryl methyl sites for hydroxylation is 1. The van der Waals surface area contributed by atoms with Gasteiger partial charge in [0.15, 0.2) is 0 Å². The van der Waals surface area contributed by atoms with Gasteiger partial charge in [-0.15, -0.1) is 0 Å². The van der Waals surface area contributed by atoms with Crippen molar-refractivity contribution in [3.05, 3.63) is 29.3 Å². The van der Waals surface area contributed by atoms with Gasteiger partial charge in [-0.1, -0.05) is 19.1 Å². The molecule has 1 unspecified atom stereocenters. The topological polar surface area (TPSA) is 38.5 Å². The van der Waals surface area contributed by atoms with Gasteiger partial charge in [0.2, 0.25) is 0 Å². The summed E-state index contributed by atoms with van der Waals surface area (Å²) in [6.45, 7) is 8.29. The highest BCUT2D eigenvalue weighted by Crippen LogP contribution is 2.17. The van der Waals surface area contributed by atoms with Crippen molar-refractivity contribution < 1.29 is 4.74 Å². The van der Waals surface area contributed by atoms with E-state index in [9.17, 15) is 0 Å². The molecule has 2 rings (SSSR count). The van der Waals surface area contributed by atoms with E-state index in [2.05, 4.69) is 30.9 Å². The minimum Gasteiger partial charge on any atom is -0.399 e. The number of likely N-dealkylation sites (N-methyl/N-ethyl adjacent to an activating group) is 1. The van der Waals surface area contributed by atoms with Crippen LogP contribution in [0.3, 0.4) is 0 Å². The van der Waals surface area contributed by atoms with Crippen molar-refractivity contribution in [3.8, 4) is 0 Å². The Morgan fingerprint density at radius 1 is 1.44 bits per heavy atom. The Labute approximate surface area is 110 Å². The van der Waals surface area contributed by atoms with Gasteiger partial charge in [0.1, 0.15) is 0 Å². The van der Waals surface area contributed by atoms with Gasteiger partial charge in [-0.2, -0.15) is 0 Å². The fraction of sp³-hybridized carbons (Fsp3) is 0.600. The molecule has 100 valence electrons. The lowest BCUT2D eigenvalue weighted by molar-refractivity contribution is 0.0725. The standard InChI is InChI=1S/C15H24N2O/c1-3-17(11-14-5-4-8-18-14)10-13-6-7-15(16)12(2)9-13/h6-7,9,14H,3-5,8,10-11,16H2,1-2H3. The van der Waals surface area contributed by atoms with Crippen LogP contribution in [0, 0.1) is 6.92 Å². The van der Waals surface area contributed by atoms with Crippen LogP contribution in [-0.4, -0.2) is 30.7 Å². The molecule has 18 heavy (non-hydrogen) atoms.